The molecule has 0 aliphatic rings. The first-order chi connectivity index (χ1) is 9.86. The van der Waals surface area contributed by atoms with Crippen molar-refractivity contribution in [2.45, 2.75) is 20.8 Å². The minimum absolute atomic E-state index is 0.208. The smallest absolute Gasteiger partial charge is 0.343 e. The van der Waals surface area contributed by atoms with E-state index >= 15 is 0 Å². The summed E-state index contributed by atoms with van der Waals surface area (Å²) < 4.78 is 5.34. The van der Waals surface area contributed by atoms with Crippen molar-refractivity contribution in [1.29, 1.82) is 0 Å². The van der Waals surface area contributed by atoms with Crippen LogP contribution in [0, 0.1) is 13.8 Å². The largest absolute Gasteiger partial charge is 0.422 e. The number of ketones is 1. The lowest BCUT2D eigenvalue weighted by Gasteiger charge is -2.09. The van der Waals surface area contributed by atoms with Crippen molar-refractivity contribution in [3.63, 3.8) is 0 Å². The number of hydrogen-bond donors (Lipinski definition) is 0. The second-order valence-corrected chi connectivity index (χ2v) is 5.40. The fourth-order valence-electron chi connectivity index (χ4n) is 2.12. The van der Waals surface area contributed by atoms with Crippen molar-refractivity contribution in [2.75, 3.05) is 0 Å². The second kappa shape index (κ2) is 6.10. The molecule has 3 nitrogen and oxygen atoms in total. The number of carbonyl (C=O) groups is 2. The van der Waals surface area contributed by atoms with Gasteiger partial charge in [0.15, 0.2) is 5.78 Å². The minimum Gasteiger partial charge on any atom is -0.422 e. The zero-order chi connectivity index (χ0) is 15.6. The number of aryl methyl sites for hydroxylation is 2. The van der Waals surface area contributed by atoms with Crippen molar-refractivity contribution in [3.05, 3.63) is 63.7 Å². The van der Waals surface area contributed by atoms with E-state index in [9.17, 15) is 9.59 Å². The van der Waals surface area contributed by atoms with Crippen LogP contribution >= 0.6 is 11.6 Å². The Kier molecular flexibility index (Phi) is 4.43. The zero-order valence-electron chi connectivity index (χ0n) is 12.1. The van der Waals surface area contributed by atoms with Crippen LogP contribution in [0.1, 0.15) is 38.8 Å². The quantitative estimate of drug-likeness (QED) is 0.480. The third-order valence-corrected chi connectivity index (χ3v) is 3.22. The first-order valence-corrected chi connectivity index (χ1v) is 6.85. The van der Waals surface area contributed by atoms with Crippen LogP contribution in [-0.4, -0.2) is 11.8 Å². The molecule has 0 fully saturated rings. The third-order valence-electron chi connectivity index (χ3n) is 2.98. The SMILES string of the molecule is CC(=O)c1cc(Cl)ccc1OC(=O)c1cc(C)cc(C)c1. The van der Waals surface area contributed by atoms with Gasteiger partial charge >= 0.3 is 5.97 Å². The van der Waals surface area contributed by atoms with Gasteiger partial charge in [0.05, 0.1) is 11.1 Å². The number of halogens is 1. The number of hydrogen-bond acceptors (Lipinski definition) is 3. The number of benzene rings is 2. The van der Waals surface area contributed by atoms with Gasteiger partial charge in [0.2, 0.25) is 0 Å². The highest BCUT2D eigenvalue weighted by Crippen LogP contribution is 2.24. The molecule has 2 aromatic carbocycles. The molecule has 0 unspecified atom stereocenters. The molecule has 0 saturated heterocycles. The van der Waals surface area contributed by atoms with Crippen LogP contribution in [0.5, 0.6) is 5.75 Å². The number of Topliss-reactive ketones (excluding diaryl/α,β-unsaturated/α-hetero) is 1. The molecule has 0 spiro atoms. The number of carbonyl (C=O) groups excluding carboxylic acids is 2. The maximum atomic E-state index is 12.2. The lowest BCUT2D eigenvalue weighted by atomic mass is 10.1. The third kappa shape index (κ3) is 3.70. The number of esters is 1. The number of rotatable bonds is 3. The topological polar surface area (TPSA) is 43.4 Å². The van der Waals surface area contributed by atoms with E-state index in [1.807, 2.05) is 19.9 Å². The van der Waals surface area contributed by atoms with Crippen LogP contribution in [0.25, 0.3) is 0 Å². The molecule has 4 heteroatoms. The highest BCUT2D eigenvalue weighted by Gasteiger charge is 2.15. The molecule has 0 amide bonds. The van der Waals surface area contributed by atoms with E-state index < -0.39 is 5.97 Å². The molecule has 0 atom stereocenters. The number of ether oxygens (including phenoxy) is 1. The molecular weight excluding hydrogens is 288 g/mol. The molecular formula is C17H15ClO3. The summed E-state index contributed by atoms with van der Waals surface area (Å²) in [5.74, 6) is -0.483. The highest BCUT2D eigenvalue weighted by molar-refractivity contribution is 6.31. The molecule has 2 aromatic rings. The standard InChI is InChI=1S/C17H15ClO3/c1-10-6-11(2)8-13(7-10)17(20)21-16-5-4-14(18)9-15(16)12(3)19/h4-9H,1-3H3. The van der Waals surface area contributed by atoms with Crippen molar-refractivity contribution < 1.29 is 14.3 Å². The zero-order valence-corrected chi connectivity index (χ0v) is 12.8. The van der Waals surface area contributed by atoms with Gasteiger partial charge in [0, 0.05) is 5.02 Å². The summed E-state index contributed by atoms with van der Waals surface area (Å²) in [5, 5.41) is 0.423. The fraction of sp³-hybridized carbons (Fsp3) is 0.176. The minimum atomic E-state index is -0.494. The molecule has 0 radical (unpaired) electrons. The summed E-state index contributed by atoms with van der Waals surface area (Å²) in [6, 6.07) is 10.1. The summed E-state index contributed by atoms with van der Waals surface area (Å²) in [5.41, 5.74) is 2.70. The summed E-state index contributed by atoms with van der Waals surface area (Å²) in [6.45, 7) is 5.22. The predicted octanol–water partition coefficient (Wildman–Crippen LogP) is 4.38. The summed E-state index contributed by atoms with van der Waals surface area (Å²) >= 11 is 5.86. The van der Waals surface area contributed by atoms with E-state index in [0.717, 1.165) is 11.1 Å². The Labute approximate surface area is 128 Å². The first kappa shape index (κ1) is 15.3. The van der Waals surface area contributed by atoms with Crippen molar-refractivity contribution in [3.8, 4) is 5.75 Å². The molecule has 0 saturated carbocycles. The Balaban J connectivity index is 2.33. The molecule has 0 N–H and O–H groups in total. The molecule has 21 heavy (non-hydrogen) atoms. The van der Waals surface area contributed by atoms with Gasteiger partial charge in [-0.05, 0) is 51.1 Å². The van der Waals surface area contributed by atoms with E-state index in [-0.39, 0.29) is 11.5 Å². The average molecular weight is 303 g/mol. The summed E-state index contributed by atoms with van der Waals surface area (Å²) in [7, 11) is 0. The Morgan fingerprint density at radius 1 is 1.00 bits per heavy atom. The van der Waals surface area contributed by atoms with Crippen LogP contribution in [0.4, 0.5) is 0 Å². The lowest BCUT2D eigenvalue weighted by Crippen LogP contribution is -2.11. The summed E-state index contributed by atoms with van der Waals surface area (Å²) in [4.78, 5) is 23.8. The Hall–Kier alpha value is -2.13. The fourth-order valence-corrected chi connectivity index (χ4v) is 2.29. The Morgan fingerprint density at radius 2 is 1.62 bits per heavy atom. The maximum absolute atomic E-state index is 12.2. The normalized spacial score (nSPS) is 10.3. The average Bonchev–Trinajstić information content (AvgIpc) is 2.39. The van der Waals surface area contributed by atoms with E-state index in [1.165, 1.54) is 19.1 Å². The molecule has 0 heterocycles. The van der Waals surface area contributed by atoms with Crippen LogP contribution in [0.3, 0.4) is 0 Å². The van der Waals surface area contributed by atoms with Crippen LogP contribution in [-0.2, 0) is 0 Å². The van der Waals surface area contributed by atoms with Crippen molar-refractivity contribution in [1.82, 2.24) is 0 Å². The molecule has 0 aliphatic heterocycles. The molecule has 0 aliphatic carbocycles. The van der Waals surface area contributed by atoms with Crippen LogP contribution in [0.15, 0.2) is 36.4 Å². The monoisotopic (exact) mass is 302 g/mol. The van der Waals surface area contributed by atoms with Gasteiger partial charge in [0.1, 0.15) is 5.75 Å². The van der Waals surface area contributed by atoms with Gasteiger partial charge in [0.25, 0.3) is 0 Å². The van der Waals surface area contributed by atoms with Crippen LogP contribution < -0.4 is 4.74 Å². The van der Waals surface area contributed by atoms with E-state index in [2.05, 4.69) is 0 Å². The lowest BCUT2D eigenvalue weighted by molar-refractivity contribution is 0.0732. The van der Waals surface area contributed by atoms with Crippen LogP contribution in [0.2, 0.25) is 5.02 Å². The van der Waals surface area contributed by atoms with Crippen molar-refractivity contribution in [2.24, 2.45) is 0 Å². The van der Waals surface area contributed by atoms with Crippen molar-refractivity contribution >= 4 is 23.4 Å². The maximum Gasteiger partial charge on any atom is 0.343 e. The Bertz CT molecular complexity index is 700. The van der Waals surface area contributed by atoms with Gasteiger partial charge in [-0.1, -0.05) is 28.8 Å². The van der Waals surface area contributed by atoms with Gasteiger partial charge in [-0.15, -0.1) is 0 Å². The van der Waals surface area contributed by atoms with E-state index in [4.69, 9.17) is 16.3 Å². The summed E-state index contributed by atoms with van der Waals surface area (Å²) in [6.07, 6.45) is 0. The van der Waals surface area contributed by atoms with E-state index in [0.29, 0.717) is 16.1 Å². The molecule has 2 rings (SSSR count). The predicted molar refractivity (Wildman–Crippen MR) is 82.3 cm³/mol. The van der Waals surface area contributed by atoms with Gasteiger partial charge < -0.3 is 4.74 Å². The second-order valence-electron chi connectivity index (χ2n) is 4.96. The van der Waals surface area contributed by atoms with Gasteiger partial charge in [-0.25, -0.2) is 4.79 Å². The molecule has 0 aromatic heterocycles. The first-order valence-electron chi connectivity index (χ1n) is 6.48. The van der Waals surface area contributed by atoms with Gasteiger partial charge in [-0.2, -0.15) is 0 Å². The molecule has 0 bridgehead atoms. The molecule has 108 valence electrons. The van der Waals surface area contributed by atoms with Gasteiger partial charge in [-0.3, -0.25) is 4.79 Å². The van der Waals surface area contributed by atoms with E-state index in [1.54, 1.807) is 18.2 Å². The Morgan fingerprint density at radius 3 is 2.19 bits per heavy atom. The highest BCUT2D eigenvalue weighted by atomic mass is 35.5.